The maximum absolute atomic E-state index is 6.05. The topological polar surface area (TPSA) is 60.0 Å². The number of hydrogen-bond acceptors (Lipinski definition) is 4. The third-order valence-corrected chi connectivity index (χ3v) is 3.27. The molecule has 1 aliphatic heterocycles. The molecule has 2 N–H and O–H groups in total. The van der Waals surface area contributed by atoms with Crippen molar-refractivity contribution in [3.8, 4) is 0 Å². The average Bonchev–Trinajstić information content (AvgIpc) is 2.59. The van der Waals surface area contributed by atoms with Crippen molar-refractivity contribution in [3.63, 3.8) is 0 Å². The summed E-state index contributed by atoms with van der Waals surface area (Å²) in [5.41, 5.74) is 6.05. The molecule has 0 aliphatic carbocycles. The highest BCUT2D eigenvalue weighted by Crippen LogP contribution is 2.16. The van der Waals surface area contributed by atoms with E-state index in [2.05, 4.69) is 21.9 Å². The Labute approximate surface area is 90.3 Å². The van der Waals surface area contributed by atoms with Crippen LogP contribution in [-0.2, 0) is 13.6 Å². The van der Waals surface area contributed by atoms with E-state index in [4.69, 9.17) is 5.73 Å². The Morgan fingerprint density at radius 1 is 1.60 bits per heavy atom. The van der Waals surface area contributed by atoms with Gasteiger partial charge in [-0.1, -0.05) is 6.92 Å². The second-order valence-electron chi connectivity index (χ2n) is 4.46. The van der Waals surface area contributed by atoms with Gasteiger partial charge in [0.05, 0.1) is 6.54 Å². The van der Waals surface area contributed by atoms with Crippen LogP contribution in [0.4, 0.5) is 0 Å². The summed E-state index contributed by atoms with van der Waals surface area (Å²) in [7, 11) is 1.93. The normalized spacial score (nSPS) is 28.2. The molecule has 2 heterocycles. The summed E-state index contributed by atoms with van der Waals surface area (Å²) in [5, 5.41) is 4.06. The molecular weight excluding hydrogens is 190 g/mol. The monoisotopic (exact) mass is 209 g/mol. The molecule has 0 radical (unpaired) electrons. The minimum Gasteiger partial charge on any atom is -0.326 e. The van der Waals surface area contributed by atoms with Gasteiger partial charge in [-0.05, 0) is 18.9 Å². The zero-order valence-corrected chi connectivity index (χ0v) is 9.43. The van der Waals surface area contributed by atoms with Crippen LogP contribution in [0.3, 0.4) is 0 Å². The van der Waals surface area contributed by atoms with Crippen LogP contribution in [0, 0.1) is 5.92 Å². The fraction of sp³-hybridized carbons (Fsp3) is 0.800. The fourth-order valence-electron chi connectivity index (χ4n) is 1.98. The van der Waals surface area contributed by atoms with Crippen molar-refractivity contribution >= 4 is 0 Å². The van der Waals surface area contributed by atoms with E-state index < -0.39 is 0 Å². The smallest absolute Gasteiger partial charge is 0.140 e. The first-order valence-electron chi connectivity index (χ1n) is 5.47. The standard InChI is InChI=1S/C10H19N5/c1-8-3-4-15(5-9(8)11)6-10-12-7-13-14(10)2/h7-9H,3-6,11H2,1-2H3. The van der Waals surface area contributed by atoms with E-state index in [1.165, 1.54) is 6.42 Å². The van der Waals surface area contributed by atoms with Gasteiger partial charge in [0.1, 0.15) is 12.2 Å². The number of hydrogen-bond donors (Lipinski definition) is 1. The summed E-state index contributed by atoms with van der Waals surface area (Å²) >= 11 is 0. The van der Waals surface area contributed by atoms with Gasteiger partial charge in [0, 0.05) is 19.6 Å². The van der Waals surface area contributed by atoms with Gasteiger partial charge in [0.2, 0.25) is 0 Å². The molecule has 1 aromatic heterocycles. The molecule has 84 valence electrons. The molecule has 0 amide bonds. The lowest BCUT2D eigenvalue weighted by Gasteiger charge is -2.34. The summed E-state index contributed by atoms with van der Waals surface area (Å²) in [6.07, 6.45) is 2.78. The first kappa shape index (κ1) is 10.6. The van der Waals surface area contributed by atoms with Gasteiger partial charge in [-0.2, -0.15) is 5.10 Å². The summed E-state index contributed by atoms with van der Waals surface area (Å²) in [4.78, 5) is 6.58. The molecule has 2 atom stereocenters. The molecule has 15 heavy (non-hydrogen) atoms. The van der Waals surface area contributed by atoms with Gasteiger partial charge in [-0.15, -0.1) is 0 Å². The molecule has 0 aromatic carbocycles. The van der Waals surface area contributed by atoms with Crippen LogP contribution in [0.25, 0.3) is 0 Å². The van der Waals surface area contributed by atoms with Crippen molar-refractivity contribution in [1.29, 1.82) is 0 Å². The Bertz CT molecular complexity index is 321. The predicted octanol–water partition coefficient (Wildman–Crippen LogP) is -0.0158. The van der Waals surface area contributed by atoms with E-state index in [0.29, 0.717) is 12.0 Å². The maximum Gasteiger partial charge on any atom is 0.140 e. The van der Waals surface area contributed by atoms with Crippen LogP contribution >= 0.6 is 0 Å². The fourth-order valence-corrected chi connectivity index (χ4v) is 1.98. The lowest BCUT2D eigenvalue weighted by atomic mass is 9.94. The lowest BCUT2D eigenvalue weighted by Crippen LogP contribution is -2.47. The van der Waals surface area contributed by atoms with E-state index in [1.807, 2.05) is 11.7 Å². The maximum atomic E-state index is 6.05. The average molecular weight is 209 g/mol. The van der Waals surface area contributed by atoms with Crippen LogP contribution in [-0.4, -0.2) is 38.8 Å². The Morgan fingerprint density at radius 3 is 3.00 bits per heavy atom. The number of aryl methyl sites for hydroxylation is 1. The molecule has 0 bridgehead atoms. The summed E-state index contributed by atoms with van der Waals surface area (Å²) in [6, 6.07) is 0.298. The predicted molar refractivity (Wildman–Crippen MR) is 58.0 cm³/mol. The van der Waals surface area contributed by atoms with Crippen LogP contribution in [0.15, 0.2) is 6.33 Å². The van der Waals surface area contributed by atoms with Crippen LogP contribution in [0.1, 0.15) is 19.2 Å². The van der Waals surface area contributed by atoms with Crippen LogP contribution in [0.5, 0.6) is 0 Å². The molecule has 1 fully saturated rings. The molecule has 2 unspecified atom stereocenters. The number of nitrogens with two attached hydrogens (primary N) is 1. The second-order valence-corrected chi connectivity index (χ2v) is 4.46. The lowest BCUT2D eigenvalue weighted by molar-refractivity contribution is 0.157. The summed E-state index contributed by atoms with van der Waals surface area (Å²) in [5.74, 6) is 1.65. The number of aromatic nitrogens is 3. The Balaban J connectivity index is 1.94. The molecule has 5 nitrogen and oxygen atoms in total. The minimum atomic E-state index is 0.298. The Hall–Kier alpha value is -0.940. The molecule has 1 aliphatic rings. The van der Waals surface area contributed by atoms with Gasteiger partial charge in [-0.3, -0.25) is 9.58 Å². The molecular formula is C10H19N5. The van der Waals surface area contributed by atoms with Gasteiger partial charge in [0.15, 0.2) is 0 Å². The quantitative estimate of drug-likeness (QED) is 0.744. The van der Waals surface area contributed by atoms with E-state index in [1.54, 1.807) is 6.33 Å². The highest BCUT2D eigenvalue weighted by Gasteiger charge is 2.23. The van der Waals surface area contributed by atoms with E-state index in [9.17, 15) is 0 Å². The van der Waals surface area contributed by atoms with E-state index >= 15 is 0 Å². The molecule has 0 spiro atoms. The number of piperidine rings is 1. The number of nitrogens with zero attached hydrogens (tertiary/aromatic N) is 4. The van der Waals surface area contributed by atoms with Crippen molar-refractivity contribution in [2.24, 2.45) is 18.7 Å². The van der Waals surface area contributed by atoms with Crippen molar-refractivity contribution in [2.75, 3.05) is 13.1 Å². The minimum absolute atomic E-state index is 0.298. The Kier molecular flexibility index (Phi) is 3.02. The largest absolute Gasteiger partial charge is 0.326 e. The van der Waals surface area contributed by atoms with Gasteiger partial charge in [-0.25, -0.2) is 4.98 Å². The van der Waals surface area contributed by atoms with Crippen molar-refractivity contribution < 1.29 is 0 Å². The third-order valence-electron chi connectivity index (χ3n) is 3.27. The number of likely N-dealkylation sites (tertiary alicyclic amines) is 1. The van der Waals surface area contributed by atoms with Gasteiger partial charge < -0.3 is 5.73 Å². The molecule has 5 heteroatoms. The first-order valence-corrected chi connectivity index (χ1v) is 5.47. The van der Waals surface area contributed by atoms with Crippen molar-refractivity contribution in [2.45, 2.75) is 25.9 Å². The molecule has 2 rings (SSSR count). The first-order chi connectivity index (χ1) is 7.16. The summed E-state index contributed by atoms with van der Waals surface area (Å²) in [6.45, 7) is 5.16. The van der Waals surface area contributed by atoms with Crippen LogP contribution < -0.4 is 5.73 Å². The highest BCUT2D eigenvalue weighted by molar-refractivity contribution is 4.87. The molecule has 1 saturated heterocycles. The summed E-state index contributed by atoms with van der Waals surface area (Å²) < 4.78 is 1.82. The van der Waals surface area contributed by atoms with Crippen LogP contribution in [0.2, 0.25) is 0 Å². The van der Waals surface area contributed by atoms with Gasteiger partial charge in [0.25, 0.3) is 0 Å². The molecule has 1 aromatic rings. The second kappa shape index (κ2) is 4.28. The third kappa shape index (κ3) is 2.35. The zero-order valence-electron chi connectivity index (χ0n) is 9.43. The van der Waals surface area contributed by atoms with Crippen molar-refractivity contribution in [1.82, 2.24) is 19.7 Å². The van der Waals surface area contributed by atoms with E-state index in [0.717, 1.165) is 25.5 Å². The van der Waals surface area contributed by atoms with Gasteiger partial charge >= 0.3 is 0 Å². The van der Waals surface area contributed by atoms with E-state index in [-0.39, 0.29) is 0 Å². The zero-order chi connectivity index (χ0) is 10.8. The van der Waals surface area contributed by atoms with Crippen molar-refractivity contribution in [3.05, 3.63) is 12.2 Å². The molecule has 0 saturated carbocycles. The number of rotatable bonds is 2. The SMILES string of the molecule is CC1CCN(Cc2ncnn2C)CC1N. The Morgan fingerprint density at radius 2 is 2.40 bits per heavy atom. The highest BCUT2D eigenvalue weighted by atomic mass is 15.3.